The zero-order chi connectivity index (χ0) is 21.5. The summed E-state index contributed by atoms with van der Waals surface area (Å²) in [6.07, 6.45) is 1.43. The first kappa shape index (κ1) is 20.8. The van der Waals surface area contributed by atoms with Crippen LogP contribution in [0.5, 0.6) is 0 Å². The number of hydrogen-bond acceptors (Lipinski definition) is 6. The summed E-state index contributed by atoms with van der Waals surface area (Å²) in [6.45, 7) is 1.77. The van der Waals surface area contributed by atoms with Crippen LogP contribution in [0.1, 0.15) is 22.8 Å². The second-order valence-corrected chi connectivity index (χ2v) is 6.43. The van der Waals surface area contributed by atoms with Crippen molar-refractivity contribution < 1.29 is 18.8 Å². The van der Waals surface area contributed by atoms with Gasteiger partial charge in [0.1, 0.15) is 17.3 Å². The molecule has 0 aliphatic carbocycles. The third kappa shape index (κ3) is 4.74. The predicted octanol–water partition coefficient (Wildman–Crippen LogP) is 4.72. The summed E-state index contributed by atoms with van der Waals surface area (Å²) in [4.78, 5) is 25.1. The monoisotopic (exact) mass is 421 g/mol. The smallest absolute Gasteiger partial charge is 0.346 e. The van der Waals surface area contributed by atoms with Crippen molar-refractivity contribution in [2.24, 2.45) is 0 Å². The van der Waals surface area contributed by atoms with E-state index in [0.717, 1.165) is 0 Å². The molecule has 8 heteroatoms. The normalized spacial score (nSPS) is 10.9. The van der Waals surface area contributed by atoms with Crippen LogP contribution < -0.4 is 5.32 Å². The SMILES string of the molecule is CCOC(=O)c1c(-c2ccc(Cl)cc2)noc1NC(=O)/C(C#N)=C/c1ccccc1. The first-order valence-electron chi connectivity index (χ1n) is 8.94. The Hall–Kier alpha value is -3.89. The fourth-order valence-corrected chi connectivity index (χ4v) is 2.73. The molecule has 3 rings (SSSR count). The Labute approximate surface area is 177 Å². The topological polar surface area (TPSA) is 105 Å². The van der Waals surface area contributed by atoms with E-state index < -0.39 is 11.9 Å². The maximum atomic E-state index is 12.6. The molecule has 1 heterocycles. The minimum Gasteiger partial charge on any atom is -0.462 e. The van der Waals surface area contributed by atoms with Crippen molar-refractivity contribution >= 4 is 35.4 Å². The maximum Gasteiger partial charge on any atom is 0.346 e. The van der Waals surface area contributed by atoms with Crippen LogP contribution in [0.25, 0.3) is 17.3 Å². The Kier molecular flexibility index (Phi) is 6.63. The molecule has 0 unspecified atom stereocenters. The van der Waals surface area contributed by atoms with E-state index in [0.29, 0.717) is 16.1 Å². The Morgan fingerprint density at radius 3 is 2.53 bits per heavy atom. The molecule has 3 aromatic rings. The molecule has 30 heavy (non-hydrogen) atoms. The molecule has 0 aliphatic rings. The predicted molar refractivity (Wildman–Crippen MR) is 112 cm³/mol. The number of hydrogen-bond donors (Lipinski definition) is 1. The lowest BCUT2D eigenvalue weighted by Crippen LogP contribution is -2.16. The molecular weight excluding hydrogens is 406 g/mol. The Morgan fingerprint density at radius 2 is 1.90 bits per heavy atom. The molecule has 0 saturated carbocycles. The largest absolute Gasteiger partial charge is 0.462 e. The molecule has 1 aromatic heterocycles. The van der Waals surface area contributed by atoms with E-state index in [4.69, 9.17) is 20.9 Å². The second kappa shape index (κ2) is 9.54. The molecule has 0 saturated heterocycles. The van der Waals surface area contributed by atoms with Gasteiger partial charge in [-0.3, -0.25) is 10.1 Å². The second-order valence-electron chi connectivity index (χ2n) is 6.00. The number of nitriles is 1. The number of carbonyl (C=O) groups is 2. The molecule has 0 spiro atoms. The van der Waals surface area contributed by atoms with Gasteiger partial charge in [0.2, 0.25) is 5.88 Å². The van der Waals surface area contributed by atoms with Crippen LogP contribution in [-0.4, -0.2) is 23.6 Å². The van der Waals surface area contributed by atoms with Crippen LogP contribution in [0.4, 0.5) is 5.88 Å². The van der Waals surface area contributed by atoms with Crippen LogP contribution >= 0.6 is 11.6 Å². The molecule has 7 nitrogen and oxygen atoms in total. The van der Waals surface area contributed by atoms with Crippen LogP contribution in [0.2, 0.25) is 5.02 Å². The lowest BCUT2D eigenvalue weighted by atomic mass is 10.1. The van der Waals surface area contributed by atoms with E-state index in [1.165, 1.54) is 6.08 Å². The summed E-state index contributed by atoms with van der Waals surface area (Å²) in [6, 6.07) is 17.3. The molecule has 1 amide bonds. The average molecular weight is 422 g/mol. The summed E-state index contributed by atoms with van der Waals surface area (Å²) in [5.74, 6) is -1.67. The number of rotatable bonds is 6. The van der Waals surface area contributed by atoms with E-state index in [2.05, 4.69) is 10.5 Å². The van der Waals surface area contributed by atoms with Gasteiger partial charge in [0.05, 0.1) is 6.61 Å². The van der Waals surface area contributed by atoms with Crippen molar-refractivity contribution in [2.45, 2.75) is 6.92 Å². The molecule has 0 radical (unpaired) electrons. The molecule has 2 aromatic carbocycles. The third-order valence-electron chi connectivity index (χ3n) is 3.99. The van der Waals surface area contributed by atoms with Crippen LogP contribution in [0, 0.1) is 11.3 Å². The average Bonchev–Trinajstić information content (AvgIpc) is 3.17. The van der Waals surface area contributed by atoms with Crippen molar-refractivity contribution in [3.63, 3.8) is 0 Å². The number of esters is 1. The fraction of sp³-hybridized carbons (Fsp3) is 0.0909. The molecule has 0 aliphatic heterocycles. The van der Waals surface area contributed by atoms with Gasteiger partial charge in [0.15, 0.2) is 5.56 Å². The number of ether oxygens (including phenoxy) is 1. The van der Waals surface area contributed by atoms with Crippen molar-refractivity contribution in [1.29, 1.82) is 5.26 Å². The number of anilines is 1. The summed E-state index contributed by atoms with van der Waals surface area (Å²) >= 11 is 5.91. The number of amides is 1. The summed E-state index contributed by atoms with van der Waals surface area (Å²) < 4.78 is 10.3. The van der Waals surface area contributed by atoms with E-state index >= 15 is 0 Å². The number of aromatic nitrogens is 1. The highest BCUT2D eigenvalue weighted by Crippen LogP contribution is 2.30. The van der Waals surface area contributed by atoms with Crippen LogP contribution in [0.15, 0.2) is 64.7 Å². The zero-order valence-electron chi connectivity index (χ0n) is 15.9. The number of nitrogens with zero attached hydrogens (tertiary/aromatic N) is 2. The van der Waals surface area contributed by atoms with Crippen molar-refractivity contribution in [1.82, 2.24) is 5.16 Å². The standard InChI is InChI=1S/C22H16ClN3O4/c1-2-29-22(28)18-19(15-8-10-17(23)11-9-15)26-30-21(18)25-20(27)16(13-24)12-14-6-4-3-5-7-14/h3-12H,2H2,1H3,(H,25,27)/b16-12+. The highest BCUT2D eigenvalue weighted by Gasteiger charge is 2.27. The van der Waals surface area contributed by atoms with Gasteiger partial charge >= 0.3 is 5.97 Å². The number of carbonyl (C=O) groups excluding carboxylic acids is 2. The quantitative estimate of drug-likeness (QED) is 0.351. The molecular formula is C22H16ClN3O4. The fourth-order valence-electron chi connectivity index (χ4n) is 2.61. The zero-order valence-corrected chi connectivity index (χ0v) is 16.6. The van der Waals surface area contributed by atoms with Gasteiger partial charge in [0, 0.05) is 10.6 Å². The van der Waals surface area contributed by atoms with Gasteiger partial charge in [-0.25, -0.2) is 4.79 Å². The molecule has 1 N–H and O–H groups in total. The van der Waals surface area contributed by atoms with Crippen LogP contribution in [0.3, 0.4) is 0 Å². The van der Waals surface area contributed by atoms with Gasteiger partial charge in [-0.2, -0.15) is 5.26 Å². The van der Waals surface area contributed by atoms with Gasteiger partial charge in [-0.05, 0) is 30.7 Å². The van der Waals surface area contributed by atoms with E-state index in [-0.39, 0.29) is 29.3 Å². The van der Waals surface area contributed by atoms with Gasteiger partial charge in [-0.15, -0.1) is 0 Å². The third-order valence-corrected chi connectivity index (χ3v) is 4.24. The first-order valence-corrected chi connectivity index (χ1v) is 9.32. The highest BCUT2D eigenvalue weighted by molar-refractivity contribution is 6.30. The molecule has 0 atom stereocenters. The minimum atomic E-state index is -0.745. The lowest BCUT2D eigenvalue weighted by molar-refractivity contribution is -0.112. The highest BCUT2D eigenvalue weighted by atomic mass is 35.5. The summed E-state index contributed by atoms with van der Waals surface area (Å²) in [5.41, 5.74) is 1.19. The maximum absolute atomic E-state index is 12.6. The lowest BCUT2D eigenvalue weighted by Gasteiger charge is -2.05. The van der Waals surface area contributed by atoms with Crippen molar-refractivity contribution in [3.8, 4) is 17.3 Å². The summed E-state index contributed by atoms with van der Waals surface area (Å²) in [7, 11) is 0. The van der Waals surface area contributed by atoms with E-state index in [1.54, 1.807) is 55.5 Å². The molecule has 0 bridgehead atoms. The van der Waals surface area contributed by atoms with Gasteiger partial charge < -0.3 is 9.26 Å². The Bertz CT molecular complexity index is 1130. The van der Waals surface area contributed by atoms with Crippen molar-refractivity contribution in [3.05, 3.63) is 76.3 Å². The van der Waals surface area contributed by atoms with E-state index in [9.17, 15) is 14.9 Å². The Morgan fingerprint density at radius 1 is 1.20 bits per heavy atom. The van der Waals surface area contributed by atoms with E-state index in [1.807, 2.05) is 12.1 Å². The van der Waals surface area contributed by atoms with Crippen molar-refractivity contribution in [2.75, 3.05) is 11.9 Å². The molecule has 0 fully saturated rings. The Balaban J connectivity index is 1.96. The van der Waals surface area contributed by atoms with Gasteiger partial charge in [0.25, 0.3) is 5.91 Å². The van der Waals surface area contributed by atoms with Gasteiger partial charge in [-0.1, -0.05) is 59.2 Å². The number of benzene rings is 2. The first-order chi connectivity index (χ1) is 14.5. The summed E-state index contributed by atoms with van der Waals surface area (Å²) in [5, 5.41) is 16.2. The van der Waals surface area contributed by atoms with Crippen LogP contribution in [-0.2, 0) is 9.53 Å². The minimum absolute atomic E-state index is 0.0514. The number of halogens is 1. The molecule has 150 valence electrons. The number of nitrogens with one attached hydrogen (secondary N) is 1.